The second-order valence-electron chi connectivity index (χ2n) is 3.55. The second kappa shape index (κ2) is 5.07. The van der Waals surface area contributed by atoms with Gasteiger partial charge in [0, 0.05) is 10.2 Å². The van der Waals surface area contributed by atoms with E-state index in [1.54, 1.807) is 24.3 Å². The zero-order valence-electron chi connectivity index (χ0n) is 9.10. The zero-order chi connectivity index (χ0) is 13.2. The first-order chi connectivity index (χ1) is 8.49. The molecule has 0 aliphatic rings. The number of anilines is 1. The van der Waals surface area contributed by atoms with Gasteiger partial charge in [-0.25, -0.2) is 12.8 Å². The summed E-state index contributed by atoms with van der Waals surface area (Å²) in [5.41, 5.74) is 0.368. The maximum Gasteiger partial charge on any atom is 0.264 e. The molecule has 0 aliphatic carbocycles. The lowest BCUT2D eigenvalue weighted by atomic mass is 10.3. The molecular formula is C12H9BrFNO2S. The molecule has 0 heterocycles. The highest BCUT2D eigenvalue weighted by Crippen LogP contribution is 2.21. The van der Waals surface area contributed by atoms with Gasteiger partial charge in [-0.2, -0.15) is 0 Å². The fraction of sp³-hybridized carbons (Fsp3) is 0. The van der Waals surface area contributed by atoms with E-state index >= 15 is 0 Å². The minimum absolute atomic E-state index is 0.368. The highest BCUT2D eigenvalue weighted by atomic mass is 79.9. The number of hydrogen-bond donors (Lipinski definition) is 1. The van der Waals surface area contributed by atoms with E-state index in [2.05, 4.69) is 20.7 Å². The van der Waals surface area contributed by atoms with Crippen molar-refractivity contribution in [3.8, 4) is 0 Å². The summed E-state index contributed by atoms with van der Waals surface area (Å²) in [7, 11) is -3.91. The van der Waals surface area contributed by atoms with Crippen LogP contribution in [0.2, 0.25) is 0 Å². The van der Waals surface area contributed by atoms with Gasteiger partial charge in [-0.1, -0.05) is 34.1 Å². The molecule has 0 saturated carbocycles. The maximum absolute atomic E-state index is 13.4. The number of benzene rings is 2. The fourth-order valence-corrected chi connectivity index (χ4v) is 2.95. The van der Waals surface area contributed by atoms with Crippen molar-refractivity contribution in [3.63, 3.8) is 0 Å². The van der Waals surface area contributed by atoms with Gasteiger partial charge in [0.1, 0.15) is 10.7 Å². The van der Waals surface area contributed by atoms with Gasteiger partial charge < -0.3 is 0 Å². The summed E-state index contributed by atoms with van der Waals surface area (Å²) < 4.78 is 40.4. The van der Waals surface area contributed by atoms with E-state index in [-0.39, 0.29) is 4.90 Å². The van der Waals surface area contributed by atoms with E-state index in [1.807, 2.05) is 0 Å². The van der Waals surface area contributed by atoms with Crippen LogP contribution >= 0.6 is 15.9 Å². The highest BCUT2D eigenvalue weighted by Gasteiger charge is 2.18. The van der Waals surface area contributed by atoms with Gasteiger partial charge in [-0.05, 0) is 30.3 Å². The number of rotatable bonds is 3. The molecule has 0 aromatic heterocycles. The van der Waals surface area contributed by atoms with Gasteiger partial charge in [0.05, 0.1) is 0 Å². The van der Waals surface area contributed by atoms with Crippen LogP contribution < -0.4 is 4.72 Å². The third kappa shape index (κ3) is 2.88. The summed E-state index contributed by atoms with van der Waals surface area (Å²) in [6.07, 6.45) is 0. The smallest absolute Gasteiger partial charge is 0.264 e. The molecule has 2 aromatic carbocycles. The summed E-state index contributed by atoms with van der Waals surface area (Å²) in [6, 6.07) is 11.9. The monoisotopic (exact) mass is 329 g/mol. The van der Waals surface area contributed by atoms with Crippen LogP contribution in [0.15, 0.2) is 57.9 Å². The lowest BCUT2D eigenvalue weighted by Crippen LogP contribution is -2.14. The van der Waals surface area contributed by atoms with Crippen molar-refractivity contribution >= 4 is 31.6 Å². The standard InChI is InChI=1S/C12H9BrFNO2S/c13-9-4-3-5-10(8-9)15-18(16,17)12-7-2-1-6-11(12)14/h1-8,15H. The van der Waals surface area contributed by atoms with Crippen LogP contribution in [0.5, 0.6) is 0 Å². The number of hydrogen-bond acceptors (Lipinski definition) is 2. The Labute approximate surface area is 113 Å². The molecule has 2 aromatic rings. The first kappa shape index (κ1) is 13.0. The summed E-state index contributed by atoms with van der Waals surface area (Å²) in [5.74, 6) is -0.778. The Balaban J connectivity index is 2.37. The normalized spacial score (nSPS) is 11.2. The van der Waals surface area contributed by atoms with Gasteiger partial charge in [0.2, 0.25) is 0 Å². The number of nitrogens with one attached hydrogen (secondary N) is 1. The van der Waals surface area contributed by atoms with Crippen molar-refractivity contribution in [2.75, 3.05) is 4.72 Å². The second-order valence-corrected chi connectivity index (χ2v) is 6.11. The van der Waals surface area contributed by atoms with Crippen molar-refractivity contribution in [2.24, 2.45) is 0 Å². The zero-order valence-corrected chi connectivity index (χ0v) is 11.5. The predicted octanol–water partition coefficient (Wildman–Crippen LogP) is 3.39. The van der Waals surface area contributed by atoms with Gasteiger partial charge in [0.25, 0.3) is 10.0 Å². The van der Waals surface area contributed by atoms with E-state index in [1.165, 1.54) is 18.2 Å². The van der Waals surface area contributed by atoms with E-state index < -0.39 is 15.8 Å². The fourth-order valence-electron chi connectivity index (χ4n) is 1.42. The van der Waals surface area contributed by atoms with Crippen LogP contribution in [-0.2, 0) is 10.0 Å². The Hall–Kier alpha value is -1.40. The van der Waals surface area contributed by atoms with Crippen molar-refractivity contribution in [2.45, 2.75) is 4.90 Å². The average Bonchev–Trinajstić information content (AvgIpc) is 2.28. The maximum atomic E-state index is 13.4. The molecule has 0 spiro atoms. The predicted molar refractivity (Wildman–Crippen MR) is 71.4 cm³/mol. The molecule has 2 rings (SSSR count). The molecule has 0 saturated heterocycles. The Bertz CT molecular complexity index is 673. The Morgan fingerprint density at radius 3 is 2.44 bits per heavy atom. The van der Waals surface area contributed by atoms with E-state index in [0.29, 0.717) is 5.69 Å². The first-order valence-electron chi connectivity index (χ1n) is 5.02. The van der Waals surface area contributed by atoms with Crippen molar-refractivity contribution in [3.05, 3.63) is 58.8 Å². The third-order valence-corrected chi connectivity index (χ3v) is 4.11. The molecule has 3 nitrogen and oxygen atoms in total. The molecular weight excluding hydrogens is 321 g/mol. The van der Waals surface area contributed by atoms with E-state index in [4.69, 9.17) is 0 Å². The summed E-state index contributed by atoms with van der Waals surface area (Å²) in [4.78, 5) is -0.370. The third-order valence-electron chi connectivity index (χ3n) is 2.20. The molecule has 0 aliphatic heterocycles. The number of sulfonamides is 1. The van der Waals surface area contributed by atoms with Crippen molar-refractivity contribution < 1.29 is 12.8 Å². The SMILES string of the molecule is O=S(=O)(Nc1cccc(Br)c1)c1ccccc1F. The van der Waals surface area contributed by atoms with Crippen molar-refractivity contribution in [1.29, 1.82) is 0 Å². The van der Waals surface area contributed by atoms with Crippen LogP contribution in [0.1, 0.15) is 0 Å². The van der Waals surface area contributed by atoms with Crippen LogP contribution in [0.25, 0.3) is 0 Å². The summed E-state index contributed by atoms with van der Waals surface area (Å²) in [5, 5.41) is 0. The molecule has 1 N–H and O–H groups in total. The highest BCUT2D eigenvalue weighted by molar-refractivity contribution is 9.10. The largest absolute Gasteiger partial charge is 0.280 e. The molecule has 0 radical (unpaired) electrons. The summed E-state index contributed by atoms with van der Waals surface area (Å²) >= 11 is 3.23. The number of halogens is 2. The lowest BCUT2D eigenvalue weighted by Gasteiger charge is -2.08. The minimum atomic E-state index is -3.91. The molecule has 0 fully saturated rings. The van der Waals surface area contributed by atoms with Crippen LogP contribution in [-0.4, -0.2) is 8.42 Å². The topological polar surface area (TPSA) is 46.2 Å². The minimum Gasteiger partial charge on any atom is -0.280 e. The quantitative estimate of drug-likeness (QED) is 0.938. The first-order valence-corrected chi connectivity index (χ1v) is 7.29. The average molecular weight is 330 g/mol. The van der Waals surface area contributed by atoms with Gasteiger partial charge in [0.15, 0.2) is 0 Å². The molecule has 6 heteroatoms. The molecule has 0 bridgehead atoms. The Morgan fingerprint density at radius 1 is 1.06 bits per heavy atom. The van der Waals surface area contributed by atoms with Gasteiger partial charge >= 0.3 is 0 Å². The van der Waals surface area contributed by atoms with Crippen molar-refractivity contribution in [1.82, 2.24) is 0 Å². The molecule has 18 heavy (non-hydrogen) atoms. The molecule has 0 unspecified atom stereocenters. The van der Waals surface area contributed by atoms with E-state index in [9.17, 15) is 12.8 Å². The van der Waals surface area contributed by atoms with Gasteiger partial charge in [-0.3, -0.25) is 4.72 Å². The lowest BCUT2D eigenvalue weighted by molar-refractivity contribution is 0.570. The summed E-state index contributed by atoms with van der Waals surface area (Å²) in [6.45, 7) is 0. The van der Waals surface area contributed by atoms with Gasteiger partial charge in [-0.15, -0.1) is 0 Å². The van der Waals surface area contributed by atoms with Crippen LogP contribution in [0.4, 0.5) is 10.1 Å². The van der Waals surface area contributed by atoms with Crippen LogP contribution in [0.3, 0.4) is 0 Å². The molecule has 0 amide bonds. The Morgan fingerprint density at radius 2 is 1.78 bits per heavy atom. The Kier molecular flexibility index (Phi) is 3.68. The van der Waals surface area contributed by atoms with Crippen LogP contribution in [0, 0.1) is 5.82 Å². The van der Waals surface area contributed by atoms with E-state index in [0.717, 1.165) is 10.5 Å². The molecule has 0 atom stereocenters. The molecule has 94 valence electrons.